The van der Waals surface area contributed by atoms with Gasteiger partial charge in [0.15, 0.2) is 12.4 Å². The molecule has 0 saturated carbocycles. The first kappa shape index (κ1) is 29.2. The Balaban J connectivity index is 1.51. The standard InChI is InChI=1S/C31H42N2O6/c1-21-28(19-33-17-7-5-4-6-8-18-33)38-31(39-29(21)25-11-9-24(20-34)10-12-25)26-13-15-27(16-14-26)32-30(36)22(2)37-23(3)35/h9-16,21-22,28-29,31,34H,4-8,17-20H2,1-3H3,(H,32,36). The van der Waals surface area contributed by atoms with Crippen molar-refractivity contribution in [3.05, 3.63) is 65.2 Å². The van der Waals surface area contributed by atoms with Crippen molar-refractivity contribution in [2.75, 3.05) is 25.0 Å². The predicted octanol–water partition coefficient (Wildman–Crippen LogP) is 5.13. The summed E-state index contributed by atoms with van der Waals surface area (Å²) in [4.78, 5) is 26.0. The number of aliphatic hydroxyl groups excluding tert-OH is 1. The van der Waals surface area contributed by atoms with E-state index in [1.807, 2.05) is 36.4 Å². The molecule has 212 valence electrons. The Labute approximate surface area is 231 Å². The lowest BCUT2D eigenvalue weighted by Crippen LogP contribution is -2.45. The van der Waals surface area contributed by atoms with Gasteiger partial charge in [-0.15, -0.1) is 0 Å². The Morgan fingerprint density at radius 2 is 1.59 bits per heavy atom. The minimum atomic E-state index is -0.879. The van der Waals surface area contributed by atoms with Gasteiger partial charge >= 0.3 is 5.97 Å². The van der Waals surface area contributed by atoms with Crippen molar-refractivity contribution in [1.29, 1.82) is 0 Å². The third kappa shape index (κ3) is 8.11. The molecule has 2 aliphatic heterocycles. The first-order valence-electron chi connectivity index (χ1n) is 14.1. The summed E-state index contributed by atoms with van der Waals surface area (Å²) in [5.74, 6) is -0.760. The molecule has 2 aromatic carbocycles. The maximum absolute atomic E-state index is 12.3. The average Bonchev–Trinajstić information content (AvgIpc) is 2.91. The van der Waals surface area contributed by atoms with E-state index in [4.69, 9.17) is 14.2 Å². The van der Waals surface area contributed by atoms with Crippen molar-refractivity contribution in [2.24, 2.45) is 5.92 Å². The minimum Gasteiger partial charge on any atom is -0.453 e. The summed E-state index contributed by atoms with van der Waals surface area (Å²) < 4.78 is 18.1. The molecule has 39 heavy (non-hydrogen) atoms. The number of nitrogens with zero attached hydrogens (tertiary/aromatic N) is 1. The number of likely N-dealkylation sites (tertiary alicyclic amines) is 1. The quantitative estimate of drug-likeness (QED) is 0.450. The number of carbonyl (C=O) groups excluding carboxylic acids is 2. The van der Waals surface area contributed by atoms with Gasteiger partial charge in [0, 0.05) is 30.6 Å². The van der Waals surface area contributed by atoms with E-state index in [2.05, 4.69) is 17.1 Å². The maximum atomic E-state index is 12.3. The van der Waals surface area contributed by atoms with Crippen molar-refractivity contribution in [3.8, 4) is 0 Å². The predicted molar refractivity (Wildman–Crippen MR) is 149 cm³/mol. The molecule has 5 unspecified atom stereocenters. The first-order valence-corrected chi connectivity index (χ1v) is 14.1. The van der Waals surface area contributed by atoms with Gasteiger partial charge in [-0.1, -0.05) is 62.6 Å². The fourth-order valence-corrected chi connectivity index (χ4v) is 5.35. The summed E-state index contributed by atoms with van der Waals surface area (Å²) in [6, 6.07) is 15.3. The van der Waals surface area contributed by atoms with Gasteiger partial charge in [-0.25, -0.2) is 0 Å². The van der Waals surface area contributed by atoms with Crippen LogP contribution in [0.5, 0.6) is 0 Å². The molecule has 2 aliphatic rings. The maximum Gasteiger partial charge on any atom is 0.303 e. The molecule has 0 radical (unpaired) electrons. The molecule has 5 atom stereocenters. The Morgan fingerprint density at radius 3 is 2.21 bits per heavy atom. The number of hydrogen-bond donors (Lipinski definition) is 2. The highest BCUT2D eigenvalue weighted by Gasteiger charge is 2.39. The van der Waals surface area contributed by atoms with Crippen LogP contribution in [-0.4, -0.2) is 53.7 Å². The van der Waals surface area contributed by atoms with Crippen LogP contribution in [0.3, 0.4) is 0 Å². The number of anilines is 1. The Hall–Kier alpha value is -2.78. The molecule has 2 N–H and O–H groups in total. The molecular weight excluding hydrogens is 496 g/mol. The number of carbonyl (C=O) groups is 2. The van der Waals surface area contributed by atoms with Crippen LogP contribution in [0.2, 0.25) is 0 Å². The zero-order valence-corrected chi connectivity index (χ0v) is 23.3. The van der Waals surface area contributed by atoms with Gasteiger partial charge in [0.25, 0.3) is 5.91 Å². The summed E-state index contributed by atoms with van der Waals surface area (Å²) in [6.45, 7) is 8.05. The third-order valence-corrected chi connectivity index (χ3v) is 7.67. The summed E-state index contributed by atoms with van der Waals surface area (Å²) in [5.41, 5.74) is 3.39. The van der Waals surface area contributed by atoms with Crippen LogP contribution in [0, 0.1) is 5.92 Å². The fourth-order valence-electron chi connectivity index (χ4n) is 5.35. The zero-order chi connectivity index (χ0) is 27.8. The number of hydrogen-bond acceptors (Lipinski definition) is 7. The van der Waals surface area contributed by atoms with E-state index in [0.29, 0.717) is 5.69 Å². The fraction of sp³-hybridized carbons (Fsp3) is 0.548. The van der Waals surface area contributed by atoms with Gasteiger partial charge in [0.05, 0.1) is 18.8 Å². The number of benzene rings is 2. The van der Waals surface area contributed by atoms with Crippen LogP contribution >= 0.6 is 0 Å². The van der Waals surface area contributed by atoms with Crippen LogP contribution in [0.25, 0.3) is 0 Å². The van der Waals surface area contributed by atoms with E-state index in [9.17, 15) is 14.7 Å². The van der Waals surface area contributed by atoms with Crippen molar-refractivity contribution < 1.29 is 28.9 Å². The lowest BCUT2D eigenvalue weighted by Gasteiger charge is -2.43. The van der Waals surface area contributed by atoms with Gasteiger partial charge in [-0.3, -0.25) is 9.59 Å². The number of aliphatic hydroxyl groups is 1. The van der Waals surface area contributed by atoms with Crippen LogP contribution in [-0.2, 0) is 30.4 Å². The van der Waals surface area contributed by atoms with E-state index < -0.39 is 24.3 Å². The summed E-state index contributed by atoms with van der Waals surface area (Å²) >= 11 is 0. The molecule has 8 heteroatoms. The monoisotopic (exact) mass is 538 g/mol. The molecule has 0 spiro atoms. The van der Waals surface area contributed by atoms with Gasteiger partial charge in [-0.05, 0) is 56.1 Å². The molecule has 0 aromatic heterocycles. The van der Waals surface area contributed by atoms with Crippen LogP contribution in [0.4, 0.5) is 5.69 Å². The number of rotatable bonds is 8. The van der Waals surface area contributed by atoms with Crippen LogP contribution in [0.15, 0.2) is 48.5 Å². The lowest BCUT2D eigenvalue weighted by molar-refractivity contribution is -0.276. The van der Waals surface area contributed by atoms with Crippen LogP contribution < -0.4 is 5.32 Å². The second kappa shape index (κ2) is 14.0. The van der Waals surface area contributed by atoms with Gasteiger partial charge < -0.3 is 29.5 Å². The normalized spacial score (nSPS) is 25.2. The topological polar surface area (TPSA) is 97.3 Å². The lowest BCUT2D eigenvalue weighted by atomic mass is 9.89. The molecule has 4 rings (SSSR count). The number of nitrogens with one attached hydrogen (secondary N) is 1. The van der Waals surface area contributed by atoms with Crippen LogP contribution in [0.1, 0.15) is 82.0 Å². The number of amides is 1. The van der Waals surface area contributed by atoms with Gasteiger partial charge in [0.2, 0.25) is 0 Å². The van der Waals surface area contributed by atoms with Crippen molar-refractivity contribution >= 4 is 17.6 Å². The molecule has 2 saturated heterocycles. The van der Waals surface area contributed by atoms with E-state index >= 15 is 0 Å². The Morgan fingerprint density at radius 1 is 0.974 bits per heavy atom. The number of esters is 1. The second-order valence-electron chi connectivity index (χ2n) is 10.8. The highest BCUT2D eigenvalue weighted by molar-refractivity contribution is 5.94. The molecule has 2 fully saturated rings. The zero-order valence-electron chi connectivity index (χ0n) is 23.3. The van der Waals surface area contributed by atoms with Crippen molar-refractivity contribution in [3.63, 3.8) is 0 Å². The highest BCUT2D eigenvalue weighted by atomic mass is 16.7. The minimum absolute atomic E-state index is 0.00716. The Kier molecular flexibility index (Phi) is 10.5. The van der Waals surface area contributed by atoms with E-state index in [-0.39, 0.29) is 24.7 Å². The number of ether oxygens (including phenoxy) is 3. The molecule has 2 heterocycles. The van der Waals surface area contributed by atoms with Gasteiger partial charge in [-0.2, -0.15) is 0 Å². The first-order chi connectivity index (χ1) is 18.8. The van der Waals surface area contributed by atoms with E-state index in [1.165, 1.54) is 46.0 Å². The van der Waals surface area contributed by atoms with E-state index in [1.54, 1.807) is 12.1 Å². The van der Waals surface area contributed by atoms with Gasteiger partial charge in [0.1, 0.15) is 0 Å². The summed E-state index contributed by atoms with van der Waals surface area (Å²) in [6.07, 6.45) is 4.70. The summed E-state index contributed by atoms with van der Waals surface area (Å²) in [5, 5.41) is 12.3. The molecule has 0 aliphatic carbocycles. The molecular formula is C31H42N2O6. The average molecular weight is 539 g/mol. The second-order valence-corrected chi connectivity index (χ2v) is 10.8. The smallest absolute Gasteiger partial charge is 0.303 e. The molecule has 1 amide bonds. The Bertz CT molecular complexity index is 1070. The molecule has 0 bridgehead atoms. The highest BCUT2D eigenvalue weighted by Crippen LogP contribution is 2.42. The largest absolute Gasteiger partial charge is 0.453 e. The summed E-state index contributed by atoms with van der Waals surface area (Å²) in [7, 11) is 0. The molecule has 2 aromatic rings. The van der Waals surface area contributed by atoms with Crippen molar-refractivity contribution in [2.45, 2.75) is 84.1 Å². The van der Waals surface area contributed by atoms with E-state index in [0.717, 1.165) is 36.3 Å². The third-order valence-electron chi connectivity index (χ3n) is 7.67. The van der Waals surface area contributed by atoms with Crippen molar-refractivity contribution in [1.82, 2.24) is 4.90 Å². The SMILES string of the molecule is CC(=O)OC(C)C(=O)Nc1ccc(C2OC(CN3CCCCCCC3)C(C)C(c3ccc(CO)cc3)O2)cc1. The molecule has 8 nitrogen and oxygen atoms in total.